The summed E-state index contributed by atoms with van der Waals surface area (Å²) < 4.78 is 6.16. The Kier molecular flexibility index (Phi) is 3.98. The van der Waals surface area contributed by atoms with E-state index in [0.717, 1.165) is 28.5 Å². The molecule has 114 valence electrons. The molecule has 1 aromatic carbocycles. The normalized spacial score (nSPS) is 11.2. The number of hydrogen-bond donors (Lipinski definition) is 1. The third kappa shape index (κ3) is 2.64. The zero-order valence-electron chi connectivity index (χ0n) is 12.6. The third-order valence-corrected chi connectivity index (χ3v) is 4.74. The SMILES string of the molecule is CCCCNC(=O)c1cc2c(=O)oc3ccc(C)cc3c2s1. The summed E-state index contributed by atoms with van der Waals surface area (Å²) in [6, 6.07) is 7.32. The predicted molar refractivity (Wildman–Crippen MR) is 89.8 cm³/mol. The van der Waals surface area contributed by atoms with Crippen LogP contribution in [0.4, 0.5) is 0 Å². The van der Waals surface area contributed by atoms with Gasteiger partial charge in [-0.1, -0.05) is 25.0 Å². The van der Waals surface area contributed by atoms with Gasteiger partial charge < -0.3 is 9.73 Å². The lowest BCUT2D eigenvalue weighted by atomic mass is 10.1. The molecule has 0 aliphatic carbocycles. The van der Waals surface area contributed by atoms with Crippen molar-refractivity contribution in [2.45, 2.75) is 26.7 Å². The molecule has 2 heterocycles. The van der Waals surface area contributed by atoms with Crippen molar-refractivity contribution in [3.63, 3.8) is 0 Å². The number of carbonyl (C=O) groups is 1. The zero-order valence-corrected chi connectivity index (χ0v) is 13.4. The highest BCUT2D eigenvalue weighted by atomic mass is 32.1. The molecule has 22 heavy (non-hydrogen) atoms. The second-order valence-electron chi connectivity index (χ2n) is 5.35. The molecule has 3 aromatic rings. The lowest BCUT2D eigenvalue weighted by molar-refractivity contribution is 0.0957. The van der Waals surface area contributed by atoms with Crippen LogP contribution in [0.1, 0.15) is 35.0 Å². The molecule has 0 fully saturated rings. The molecule has 0 aliphatic heterocycles. The smallest absolute Gasteiger partial charge is 0.345 e. The van der Waals surface area contributed by atoms with E-state index in [0.29, 0.717) is 22.4 Å². The summed E-state index contributed by atoms with van der Waals surface area (Å²) in [5.41, 5.74) is 1.25. The second-order valence-corrected chi connectivity index (χ2v) is 6.40. The second kappa shape index (κ2) is 5.93. The topological polar surface area (TPSA) is 59.3 Å². The molecular formula is C17H17NO3S. The number of unbranched alkanes of at least 4 members (excludes halogenated alkanes) is 1. The molecule has 0 aliphatic rings. The highest BCUT2D eigenvalue weighted by Gasteiger charge is 2.15. The standard InChI is InChI=1S/C17H17NO3S/c1-3-4-7-18-16(19)14-9-12-15(22-14)11-8-10(2)5-6-13(11)21-17(12)20/h5-6,8-9H,3-4,7H2,1-2H3,(H,18,19). The molecule has 5 heteroatoms. The minimum absolute atomic E-state index is 0.130. The maximum atomic E-state index is 12.2. The van der Waals surface area contributed by atoms with Crippen molar-refractivity contribution < 1.29 is 9.21 Å². The molecule has 0 spiro atoms. The number of benzene rings is 1. The molecule has 1 amide bonds. The number of amides is 1. The van der Waals surface area contributed by atoms with E-state index >= 15 is 0 Å². The summed E-state index contributed by atoms with van der Waals surface area (Å²) in [5.74, 6) is -0.130. The number of thiophene rings is 1. The van der Waals surface area contributed by atoms with Crippen LogP contribution in [0.2, 0.25) is 0 Å². The van der Waals surface area contributed by atoms with Gasteiger partial charge in [0.25, 0.3) is 5.91 Å². The van der Waals surface area contributed by atoms with E-state index in [2.05, 4.69) is 12.2 Å². The maximum Gasteiger partial charge on any atom is 0.345 e. The van der Waals surface area contributed by atoms with Gasteiger partial charge in [-0.3, -0.25) is 4.79 Å². The van der Waals surface area contributed by atoms with Gasteiger partial charge in [0, 0.05) is 11.9 Å². The number of nitrogens with one attached hydrogen (secondary N) is 1. The Morgan fingerprint density at radius 3 is 2.86 bits per heavy atom. The fourth-order valence-electron chi connectivity index (χ4n) is 2.39. The van der Waals surface area contributed by atoms with Crippen molar-refractivity contribution in [2.75, 3.05) is 6.54 Å². The van der Waals surface area contributed by atoms with Crippen LogP contribution in [0.25, 0.3) is 21.1 Å². The Bertz CT molecular complexity index is 907. The van der Waals surface area contributed by atoms with Crippen molar-refractivity contribution in [1.82, 2.24) is 5.32 Å². The van der Waals surface area contributed by atoms with Crippen LogP contribution in [0.3, 0.4) is 0 Å². The monoisotopic (exact) mass is 315 g/mol. The van der Waals surface area contributed by atoms with E-state index in [1.165, 1.54) is 11.3 Å². The summed E-state index contributed by atoms with van der Waals surface area (Å²) >= 11 is 1.34. The first kappa shape index (κ1) is 14.8. The molecule has 0 unspecified atom stereocenters. The van der Waals surface area contributed by atoms with Crippen molar-refractivity contribution in [3.05, 3.63) is 45.1 Å². The summed E-state index contributed by atoms with van der Waals surface area (Å²) in [7, 11) is 0. The van der Waals surface area contributed by atoms with E-state index in [-0.39, 0.29) is 5.91 Å². The minimum atomic E-state index is -0.393. The first-order chi connectivity index (χ1) is 10.6. The molecule has 0 saturated carbocycles. The highest BCUT2D eigenvalue weighted by molar-refractivity contribution is 7.21. The molecule has 0 bridgehead atoms. The van der Waals surface area contributed by atoms with Gasteiger partial charge in [-0.15, -0.1) is 11.3 Å². The summed E-state index contributed by atoms with van der Waals surface area (Å²) in [6.07, 6.45) is 1.97. The minimum Gasteiger partial charge on any atom is -0.422 e. The van der Waals surface area contributed by atoms with Crippen molar-refractivity contribution in [3.8, 4) is 0 Å². The molecule has 0 atom stereocenters. The van der Waals surface area contributed by atoms with Crippen LogP contribution in [0, 0.1) is 6.92 Å². The van der Waals surface area contributed by atoms with Gasteiger partial charge in [-0.25, -0.2) is 4.79 Å². The van der Waals surface area contributed by atoms with Crippen molar-refractivity contribution >= 4 is 38.3 Å². The van der Waals surface area contributed by atoms with Gasteiger partial charge in [0.1, 0.15) is 5.58 Å². The highest BCUT2D eigenvalue weighted by Crippen LogP contribution is 2.31. The quantitative estimate of drug-likeness (QED) is 0.588. The Morgan fingerprint density at radius 1 is 1.27 bits per heavy atom. The fraction of sp³-hybridized carbons (Fsp3) is 0.294. The van der Waals surface area contributed by atoms with Gasteiger partial charge in [-0.05, 0) is 31.5 Å². The number of hydrogen-bond acceptors (Lipinski definition) is 4. The first-order valence-corrected chi connectivity index (χ1v) is 8.17. The number of fused-ring (bicyclic) bond motifs is 3. The Labute approximate surface area is 131 Å². The van der Waals surface area contributed by atoms with Crippen LogP contribution in [-0.4, -0.2) is 12.5 Å². The molecule has 0 saturated heterocycles. The summed E-state index contributed by atoms with van der Waals surface area (Å²) in [6.45, 7) is 4.71. The average molecular weight is 315 g/mol. The van der Waals surface area contributed by atoms with E-state index in [1.807, 2.05) is 19.1 Å². The number of rotatable bonds is 4. The Hall–Kier alpha value is -2.14. The lowest BCUT2D eigenvalue weighted by Gasteiger charge is -2.00. The predicted octanol–water partition coefficient (Wildman–Crippen LogP) is 3.85. The molecule has 1 N–H and O–H groups in total. The van der Waals surface area contributed by atoms with E-state index in [9.17, 15) is 9.59 Å². The average Bonchev–Trinajstić information content (AvgIpc) is 2.94. The van der Waals surface area contributed by atoms with Crippen LogP contribution in [0.5, 0.6) is 0 Å². The summed E-state index contributed by atoms with van der Waals surface area (Å²) in [5, 5.41) is 4.24. The Balaban J connectivity index is 2.10. The van der Waals surface area contributed by atoms with Crippen LogP contribution < -0.4 is 10.9 Å². The van der Waals surface area contributed by atoms with Crippen LogP contribution in [0.15, 0.2) is 33.5 Å². The zero-order chi connectivity index (χ0) is 15.7. The van der Waals surface area contributed by atoms with E-state index in [4.69, 9.17) is 4.42 Å². The Morgan fingerprint density at radius 2 is 2.09 bits per heavy atom. The first-order valence-electron chi connectivity index (χ1n) is 7.35. The van der Waals surface area contributed by atoms with Crippen LogP contribution >= 0.6 is 11.3 Å². The van der Waals surface area contributed by atoms with Crippen molar-refractivity contribution in [2.24, 2.45) is 0 Å². The molecule has 3 rings (SSSR count). The van der Waals surface area contributed by atoms with Crippen molar-refractivity contribution in [1.29, 1.82) is 0 Å². The van der Waals surface area contributed by atoms with Gasteiger partial charge in [0.05, 0.1) is 15.0 Å². The van der Waals surface area contributed by atoms with E-state index < -0.39 is 5.63 Å². The largest absolute Gasteiger partial charge is 0.422 e. The molecule has 0 radical (unpaired) electrons. The maximum absolute atomic E-state index is 12.2. The van der Waals surface area contributed by atoms with E-state index in [1.54, 1.807) is 12.1 Å². The number of aryl methyl sites for hydroxylation is 1. The van der Waals surface area contributed by atoms with Crippen LogP contribution in [-0.2, 0) is 0 Å². The van der Waals surface area contributed by atoms with Gasteiger partial charge in [0.15, 0.2) is 0 Å². The lowest BCUT2D eigenvalue weighted by Crippen LogP contribution is -2.23. The fourth-order valence-corrected chi connectivity index (χ4v) is 3.47. The third-order valence-electron chi connectivity index (χ3n) is 3.57. The molecule has 2 aromatic heterocycles. The number of carbonyl (C=O) groups excluding carboxylic acids is 1. The van der Waals surface area contributed by atoms with Gasteiger partial charge in [-0.2, -0.15) is 0 Å². The molecule has 4 nitrogen and oxygen atoms in total. The van der Waals surface area contributed by atoms with Gasteiger partial charge >= 0.3 is 5.63 Å². The molecular weight excluding hydrogens is 298 g/mol. The summed E-state index contributed by atoms with van der Waals surface area (Å²) in [4.78, 5) is 24.8. The van der Waals surface area contributed by atoms with Gasteiger partial charge in [0.2, 0.25) is 0 Å².